The molecule has 2 rings (SSSR count). The van der Waals surface area contributed by atoms with Crippen molar-refractivity contribution in [2.24, 2.45) is 0 Å². The van der Waals surface area contributed by atoms with E-state index in [1.807, 2.05) is 26.0 Å². The Bertz CT molecular complexity index is 818. The number of para-hydroxylation sites is 1. The van der Waals surface area contributed by atoms with Crippen LogP contribution in [0.15, 0.2) is 48.5 Å². The van der Waals surface area contributed by atoms with Gasteiger partial charge in [-0.15, -0.1) is 0 Å². The number of hydrogen-bond acceptors (Lipinski definition) is 3. The Kier molecular flexibility index (Phi) is 6.60. The smallest absolute Gasteiger partial charge is 0.416 e. The van der Waals surface area contributed by atoms with Crippen molar-refractivity contribution in [1.29, 1.82) is 0 Å². The number of benzene rings is 2. The fraction of sp³-hybridized carbons (Fsp3) is 0.300. The minimum Gasteiger partial charge on any atom is -0.452 e. The summed E-state index contributed by atoms with van der Waals surface area (Å²) in [4.78, 5) is 24.0. The highest BCUT2D eigenvalue weighted by atomic mass is 19.4. The van der Waals surface area contributed by atoms with Gasteiger partial charge in [0.1, 0.15) is 0 Å². The van der Waals surface area contributed by atoms with Crippen LogP contribution in [0.2, 0.25) is 0 Å². The largest absolute Gasteiger partial charge is 0.452 e. The summed E-state index contributed by atoms with van der Waals surface area (Å²) in [6, 6.07) is 11.1. The van der Waals surface area contributed by atoms with Crippen LogP contribution < -0.4 is 5.32 Å². The molecule has 1 amide bonds. The fourth-order valence-corrected chi connectivity index (χ4v) is 2.48. The lowest BCUT2D eigenvalue weighted by atomic mass is 9.97. The second-order valence-electron chi connectivity index (χ2n) is 6.10. The first kappa shape index (κ1) is 20.5. The molecule has 27 heavy (non-hydrogen) atoms. The number of alkyl halides is 3. The van der Waals surface area contributed by atoms with Gasteiger partial charge in [0, 0.05) is 5.69 Å². The van der Waals surface area contributed by atoms with Crippen LogP contribution >= 0.6 is 0 Å². The number of rotatable bonds is 6. The molecule has 0 aliphatic heterocycles. The molecule has 0 radical (unpaired) electrons. The van der Waals surface area contributed by atoms with Crippen molar-refractivity contribution >= 4 is 17.6 Å². The molecule has 4 nitrogen and oxygen atoms in total. The maximum atomic E-state index is 12.7. The van der Waals surface area contributed by atoms with E-state index < -0.39 is 30.2 Å². The van der Waals surface area contributed by atoms with Gasteiger partial charge in [0.25, 0.3) is 5.91 Å². The molecule has 2 aromatic rings. The second kappa shape index (κ2) is 8.70. The normalized spacial score (nSPS) is 12.3. The highest BCUT2D eigenvalue weighted by Gasteiger charge is 2.31. The quantitative estimate of drug-likeness (QED) is 0.718. The van der Waals surface area contributed by atoms with E-state index in [0.29, 0.717) is 11.8 Å². The summed E-state index contributed by atoms with van der Waals surface area (Å²) < 4.78 is 42.9. The second-order valence-corrected chi connectivity index (χ2v) is 6.10. The molecule has 1 N–H and O–H groups in total. The van der Waals surface area contributed by atoms with Gasteiger partial charge in [0.15, 0.2) is 6.61 Å². The molecule has 2 aromatic carbocycles. The number of carbonyl (C=O) groups is 2. The molecule has 0 fully saturated rings. The minimum atomic E-state index is -4.56. The predicted molar refractivity (Wildman–Crippen MR) is 95.5 cm³/mol. The Hall–Kier alpha value is -2.83. The number of carbonyl (C=O) groups excluding carboxylic acids is 2. The van der Waals surface area contributed by atoms with Crippen LogP contribution in [0.4, 0.5) is 18.9 Å². The van der Waals surface area contributed by atoms with Gasteiger partial charge in [-0.2, -0.15) is 13.2 Å². The Balaban J connectivity index is 1.99. The van der Waals surface area contributed by atoms with Gasteiger partial charge in [-0.05, 0) is 42.2 Å². The van der Waals surface area contributed by atoms with Crippen molar-refractivity contribution in [2.45, 2.75) is 32.4 Å². The standard InChI is InChI=1S/C20H20F3NO3/c1-3-13(2)16-9-4-5-10-17(16)24-18(25)12-27-19(26)14-7-6-8-15(11-14)20(21,22)23/h4-11,13H,3,12H2,1-2H3,(H,24,25)/t13-/m1/s1. The molecular formula is C20H20F3NO3. The average molecular weight is 379 g/mol. The van der Waals surface area contributed by atoms with Crippen molar-refractivity contribution in [1.82, 2.24) is 0 Å². The highest BCUT2D eigenvalue weighted by molar-refractivity contribution is 5.96. The van der Waals surface area contributed by atoms with Gasteiger partial charge in [0.05, 0.1) is 11.1 Å². The lowest BCUT2D eigenvalue weighted by molar-refractivity contribution is -0.137. The summed E-state index contributed by atoms with van der Waals surface area (Å²) >= 11 is 0. The third-order valence-electron chi connectivity index (χ3n) is 4.14. The Morgan fingerprint density at radius 3 is 2.48 bits per heavy atom. The van der Waals surface area contributed by atoms with Crippen LogP contribution in [0.1, 0.15) is 47.7 Å². The van der Waals surface area contributed by atoms with E-state index in [9.17, 15) is 22.8 Å². The molecule has 0 saturated heterocycles. The number of esters is 1. The average Bonchev–Trinajstić information content (AvgIpc) is 2.65. The summed E-state index contributed by atoms with van der Waals surface area (Å²) in [6.45, 7) is 3.46. The maximum absolute atomic E-state index is 12.7. The minimum absolute atomic E-state index is 0.231. The zero-order valence-electron chi connectivity index (χ0n) is 15.0. The fourth-order valence-electron chi connectivity index (χ4n) is 2.48. The van der Waals surface area contributed by atoms with Crippen LogP contribution in [0.5, 0.6) is 0 Å². The monoisotopic (exact) mass is 379 g/mol. The first-order valence-electron chi connectivity index (χ1n) is 8.45. The maximum Gasteiger partial charge on any atom is 0.416 e. The van der Waals surface area contributed by atoms with Crippen LogP contribution in [0.25, 0.3) is 0 Å². The number of ether oxygens (including phenoxy) is 1. The van der Waals surface area contributed by atoms with E-state index in [2.05, 4.69) is 5.32 Å². The SMILES string of the molecule is CC[C@@H](C)c1ccccc1NC(=O)COC(=O)c1cccc(C(F)(F)F)c1. The number of halogens is 3. The van der Waals surface area contributed by atoms with Gasteiger partial charge >= 0.3 is 12.1 Å². The number of amides is 1. The van der Waals surface area contributed by atoms with Gasteiger partial charge in [-0.1, -0.05) is 38.1 Å². The zero-order chi connectivity index (χ0) is 20.0. The summed E-state index contributed by atoms with van der Waals surface area (Å²) in [5.74, 6) is -1.33. The summed E-state index contributed by atoms with van der Waals surface area (Å²) in [5.41, 5.74) is 0.353. The van der Waals surface area contributed by atoms with Gasteiger partial charge < -0.3 is 10.1 Å². The Labute approximate surface area is 155 Å². The summed E-state index contributed by atoms with van der Waals surface area (Å²) in [6.07, 6.45) is -3.68. The Morgan fingerprint density at radius 2 is 1.81 bits per heavy atom. The molecule has 1 atom stereocenters. The first-order chi connectivity index (χ1) is 12.7. The van der Waals surface area contributed by atoms with Gasteiger partial charge in [0.2, 0.25) is 0 Å². The lowest BCUT2D eigenvalue weighted by Crippen LogP contribution is -2.22. The third-order valence-corrected chi connectivity index (χ3v) is 4.14. The van der Waals surface area contributed by atoms with Crippen LogP contribution in [0.3, 0.4) is 0 Å². The molecule has 0 aromatic heterocycles. The molecule has 0 aliphatic rings. The van der Waals surface area contributed by atoms with E-state index in [1.54, 1.807) is 12.1 Å². The van der Waals surface area contributed by atoms with Crippen molar-refractivity contribution in [3.63, 3.8) is 0 Å². The molecule has 0 spiro atoms. The lowest BCUT2D eigenvalue weighted by Gasteiger charge is -2.15. The molecule has 0 saturated carbocycles. The van der Waals surface area contributed by atoms with E-state index in [-0.39, 0.29) is 11.5 Å². The number of anilines is 1. The van der Waals surface area contributed by atoms with Crippen molar-refractivity contribution < 1.29 is 27.5 Å². The third kappa shape index (κ3) is 5.57. The van der Waals surface area contributed by atoms with Crippen LogP contribution in [-0.4, -0.2) is 18.5 Å². The van der Waals surface area contributed by atoms with E-state index in [4.69, 9.17) is 4.74 Å². The predicted octanol–water partition coefficient (Wildman–Crippen LogP) is 5.01. The topological polar surface area (TPSA) is 55.4 Å². The molecule has 0 unspecified atom stereocenters. The van der Waals surface area contributed by atoms with E-state index in [1.165, 1.54) is 6.07 Å². The summed E-state index contributed by atoms with van der Waals surface area (Å²) in [7, 11) is 0. The molecule has 0 heterocycles. The van der Waals surface area contributed by atoms with Crippen molar-refractivity contribution in [3.8, 4) is 0 Å². The van der Waals surface area contributed by atoms with Crippen LogP contribution in [-0.2, 0) is 15.7 Å². The van der Waals surface area contributed by atoms with E-state index in [0.717, 1.165) is 24.1 Å². The molecule has 144 valence electrons. The zero-order valence-corrected chi connectivity index (χ0v) is 15.0. The van der Waals surface area contributed by atoms with Gasteiger partial charge in [-0.3, -0.25) is 4.79 Å². The number of nitrogens with one attached hydrogen (secondary N) is 1. The van der Waals surface area contributed by atoms with Crippen molar-refractivity contribution in [3.05, 3.63) is 65.2 Å². The van der Waals surface area contributed by atoms with Gasteiger partial charge in [-0.25, -0.2) is 4.79 Å². The molecular weight excluding hydrogens is 359 g/mol. The Morgan fingerprint density at radius 1 is 1.11 bits per heavy atom. The molecule has 7 heteroatoms. The number of hydrogen-bond donors (Lipinski definition) is 1. The summed E-state index contributed by atoms with van der Waals surface area (Å²) in [5, 5.41) is 2.67. The van der Waals surface area contributed by atoms with E-state index >= 15 is 0 Å². The first-order valence-corrected chi connectivity index (χ1v) is 8.45. The molecule has 0 bridgehead atoms. The molecule has 0 aliphatic carbocycles. The highest BCUT2D eigenvalue weighted by Crippen LogP contribution is 2.29. The van der Waals surface area contributed by atoms with Crippen LogP contribution in [0, 0.1) is 0 Å². The van der Waals surface area contributed by atoms with Crippen molar-refractivity contribution in [2.75, 3.05) is 11.9 Å².